The highest BCUT2D eigenvalue weighted by Crippen LogP contribution is 2.15. The lowest BCUT2D eigenvalue weighted by molar-refractivity contribution is 0.108. The topological polar surface area (TPSA) is 50.5 Å². The first-order valence-corrected chi connectivity index (χ1v) is 7.12. The average Bonchev–Trinajstić information content (AvgIpc) is 2.45. The van der Waals surface area contributed by atoms with Crippen LogP contribution in [0.15, 0.2) is 24.3 Å². The third-order valence-electron chi connectivity index (χ3n) is 3.26. The average molecular weight is 275 g/mol. The summed E-state index contributed by atoms with van der Waals surface area (Å²) in [7, 11) is 4.11. The molecule has 4 nitrogen and oxygen atoms in total. The summed E-state index contributed by atoms with van der Waals surface area (Å²) in [5.74, 6) is 0. The van der Waals surface area contributed by atoms with Gasteiger partial charge in [-0.15, -0.1) is 0 Å². The van der Waals surface area contributed by atoms with Crippen molar-refractivity contribution in [1.82, 2.24) is 9.80 Å². The van der Waals surface area contributed by atoms with Crippen LogP contribution in [0.2, 0.25) is 0 Å². The Morgan fingerprint density at radius 1 is 1.15 bits per heavy atom. The molecule has 0 fully saturated rings. The molecule has 0 aliphatic rings. The van der Waals surface area contributed by atoms with Crippen LogP contribution in [0.25, 0.3) is 0 Å². The fraction of sp³-hybridized carbons (Fsp3) is 0.562. The van der Waals surface area contributed by atoms with Crippen molar-refractivity contribution in [2.75, 3.05) is 40.3 Å². The minimum atomic E-state index is -0.503. The van der Waals surface area contributed by atoms with Gasteiger partial charge in [-0.2, -0.15) is 5.26 Å². The lowest BCUT2D eigenvalue weighted by Gasteiger charge is -2.26. The number of nitrogens with zero attached hydrogens (tertiary/aromatic N) is 3. The molecule has 1 aromatic rings. The van der Waals surface area contributed by atoms with Crippen molar-refractivity contribution in [3.8, 4) is 6.07 Å². The molecule has 0 radical (unpaired) electrons. The van der Waals surface area contributed by atoms with E-state index in [1.807, 2.05) is 12.1 Å². The maximum absolute atomic E-state index is 10.3. The molecular formula is C16H25N3O. The molecule has 0 bridgehead atoms. The van der Waals surface area contributed by atoms with Gasteiger partial charge in [0, 0.05) is 19.6 Å². The second-order valence-electron chi connectivity index (χ2n) is 5.35. The van der Waals surface area contributed by atoms with E-state index in [-0.39, 0.29) is 0 Å². The van der Waals surface area contributed by atoms with E-state index < -0.39 is 6.10 Å². The van der Waals surface area contributed by atoms with Crippen molar-refractivity contribution in [2.24, 2.45) is 0 Å². The van der Waals surface area contributed by atoms with Gasteiger partial charge in [0.05, 0.1) is 17.7 Å². The lowest BCUT2D eigenvalue weighted by Crippen LogP contribution is -2.35. The lowest BCUT2D eigenvalue weighted by atomic mass is 10.1. The van der Waals surface area contributed by atoms with Crippen molar-refractivity contribution in [3.63, 3.8) is 0 Å². The molecule has 0 heterocycles. The summed E-state index contributed by atoms with van der Waals surface area (Å²) in [6.45, 7) is 5.71. The third kappa shape index (κ3) is 5.70. The molecule has 0 amide bonds. The minimum absolute atomic E-state index is 0.503. The van der Waals surface area contributed by atoms with E-state index >= 15 is 0 Å². The van der Waals surface area contributed by atoms with Crippen LogP contribution in [0.4, 0.5) is 0 Å². The van der Waals surface area contributed by atoms with Crippen molar-refractivity contribution in [3.05, 3.63) is 35.4 Å². The number of hydrogen-bond donors (Lipinski definition) is 1. The van der Waals surface area contributed by atoms with E-state index in [4.69, 9.17) is 5.26 Å². The Labute approximate surface area is 122 Å². The van der Waals surface area contributed by atoms with Gasteiger partial charge in [0.1, 0.15) is 0 Å². The van der Waals surface area contributed by atoms with Gasteiger partial charge >= 0.3 is 0 Å². The highest BCUT2D eigenvalue weighted by atomic mass is 16.3. The van der Waals surface area contributed by atoms with Crippen LogP contribution in [0.5, 0.6) is 0 Å². The summed E-state index contributed by atoms with van der Waals surface area (Å²) in [5.41, 5.74) is 1.49. The summed E-state index contributed by atoms with van der Waals surface area (Å²) in [5, 5.41) is 19.1. The summed E-state index contributed by atoms with van der Waals surface area (Å²) >= 11 is 0. The summed E-state index contributed by atoms with van der Waals surface area (Å²) in [6.07, 6.45) is 0.574. The zero-order valence-electron chi connectivity index (χ0n) is 12.7. The zero-order chi connectivity index (χ0) is 15.0. The number of aliphatic hydroxyl groups is 1. The quantitative estimate of drug-likeness (QED) is 0.787. The Balaban J connectivity index is 2.59. The third-order valence-corrected chi connectivity index (χ3v) is 3.26. The SMILES string of the molecule is CCCN(CCN(C)C)CC(O)c1ccc(C#N)cc1. The van der Waals surface area contributed by atoms with Gasteiger partial charge in [0.15, 0.2) is 0 Å². The van der Waals surface area contributed by atoms with Gasteiger partial charge in [0.2, 0.25) is 0 Å². The summed E-state index contributed by atoms with van der Waals surface area (Å²) in [4.78, 5) is 4.43. The van der Waals surface area contributed by atoms with E-state index in [0.717, 1.165) is 31.6 Å². The van der Waals surface area contributed by atoms with Gasteiger partial charge < -0.3 is 10.0 Å². The van der Waals surface area contributed by atoms with Gasteiger partial charge in [0.25, 0.3) is 0 Å². The Morgan fingerprint density at radius 3 is 2.30 bits per heavy atom. The molecule has 0 saturated carbocycles. The number of hydrogen-bond acceptors (Lipinski definition) is 4. The Morgan fingerprint density at radius 2 is 1.80 bits per heavy atom. The number of aliphatic hydroxyl groups excluding tert-OH is 1. The molecule has 1 atom stereocenters. The molecule has 110 valence electrons. The van der Waals surface area contributed by atoms with Crippen LogP contribution < -0.4 is 0 Å². The number of nitriles is 1. The van der Waals surface area contributed by atoms with Crippen molar-refractivity contribution >= 4 is 0 Å². The van der Waals surface area contributed by atoms with Gasteiger partial charge in [-0.1, -0.05) is 19.1 Å². The van der Waals surface area contributed by atoms with Gasteiger partial charge in [-0.3, -0.25) is 4.90 Å². The fourth-order valence-electron chi connectivity index (χ4n) is 2.08. The Kier molecular flexibility index (Phi) is 7.24. The molecule has 0 spiro atoms. The summed E-state index contributed by atoms with van der Waals surface area (Å²) < 4.78 is 0. The minimum Gasteiger partial charge on any atom is -0.387 e. The van der Waals surface area contributed by atoms with Crippen LogP contribution in [0.3, 0.4) is 0 Å². The molecular weight excluding hydrogens is 250 g/mol. The monoisotopic (exact) mass is 275 g/mol. The molecule has 1 unspecified atom stereocenters. The predicted molar refractivity (Wildman–Crippen MR) is 81.4 cm³/mol. The van der Waals surface area contributed by atoms with Crippen LogP contribution >= 0.6 is 0 Å². The first-order valence-electron chi connectivity index (χ1n) is 7.12. The molecule has 0 aliphatic carbocycles. The maximum atomic E-state index is 10.3. The van der Waals surface area contributed by atoms with E-state index in [0.29, 0.717) is 12.1 Å². The van der Waals surface area contributed by atoms with Crippen molar-refractivity contribution < 1.29 is 5.11 Å². The number of rotatable bonds is 8. The molecule has 0 aliphatic heterocycles. The Bertz CT molecular complexity index is 422. The predicted octanol–water partition coefficient (Wildman–Crippen LogP) is 1.87. The zero-order valence-corrected chi connectivity index (χ0v) is 12.7. The van der Waals surface area contributed by atoms with Crippen LogP contribution in [-0.2, 0) is 0 Å². The second kappa shape index (κ2) is 8.70. The van der Waals surface area contributed by atoms with Gasteiger partial charge in [-0.05, 0) is 44.8 Å². The first-order chi connectivity index (χ1) is 9.56. The van der Waals surface area contributed by atoms with Crippen LogP contribution in [0, 0.1) is 11.3 Å². The van der Waals surface area contributed by atoms with E-state index in [9.17, 15) is 5.11 Å². The first kappa shape index (κ1) is 16.6. The fourth-order valence-corrected chi connectivity index (χ4v) is 2.08. The van der Waals surface area contributed by atoms with Crippen molar-refractivity contribution in [1.29, 1.82) is 5.26 Å². The molecule has 20 heavy (non-hydrogen) atoms. The number of benzene rings is 1. The maximum Gasteiger partial charge on any atom is 0.0991 e. The second-order valence-corrected chi connectivity index (χ2v) is 5.35. The highest BCUT2D eigenvalue weighted by Gasteiger charge is 2.13. The molecule has 0 saturated heterocycles. The smallest absolute Gasteiger partial charge is 0.0991 e. The Hall–Kier alpha value is -1.41. The molecule has 1 rings (SSSR count). The summed E-state index contributed by atoms with van der Waals surface area (Å²) in [6, 6.07) is 9.26. The molecule has 0 aromatic heterocycles. The largest absolute Gasteiger partial charge is 0.387 e. The standard InChI is InChI=1S/C16H25N3O/c1-4-9-19(11-10-18(2)3)13-16(20)15-7-5-14(12-17)6-8-15/h5-8,16,20H,4,9-11,13H2,1-3H3. The molecule has 1 aromatic carbocycles. The van der Waals surface area contributed by atoms with Crippen LogP contribution in [-0.4, -0.2) is 55.2 Å². The normalized spacial score (nSPS) is 12.7. The highest BCUT2D eigenvalue weighted by molar-refractivity contribution is 5.32. The van der Waals surface area contributed by atoms with E-state index in [1.165, 1.54) is 0 Å². The van der Waals surface area contributed by atoms with Crippen molar-refractivity contribution in [2.45, 2.75) is 19.4 Å². The van der Waals surface area contributed by atoms with Gasteiger partial charge in [-0.25, -0.2) is 0 Å². The molecule has 1 N–H and O–H groups in total. The van der Waals surface area contributed by atoms with Crippen LogP contribution in [0.1, 0.15) is 30.6 Å². The number of likely N-dealkylation sites (N-methyl/N-ethyl adjacent to an activating group) is 1. The van der Waals surface area contributed by atoms with E-state index in [1.54, 1.807) is 12.1 Å². The molecule has 4 heteroatoms. The van der Waals surface area contributed by atoms with E-state index in [2.05, 4.69) is 36.9 Å².